The minimum atomic E-state index is -4.63. The molecule has 0 aliphatic heterocycles. The highest BCUT2D eigenvalue weighted by atomic mass is 19.4. The molecule has 31 heavy (non-hydrogen) atoms. The number of aromatic carboxylic acids is 1. The van der Waals surface area contributed by atoms with Gasteiger partial charge in [0.05, 0.1) is 17.8 Å². The number of hydrogen-bond donors (Lipinski definition) is 1. The fourth-order valence-electron chi connectivity index (χ4n) is 3.53. The van der Waals surface area contributed by atoms with Crippen molar-refractivity contribution in [3.8, 4) is 11.8 Å². The van der Waals surface area contributed by atoms with Crippen LogP contribution in [0.4, 0.5) is 13.2 Å². The van der Waals surface area contributed by atoms with Crippen LogP contribution in [-0.2, 0) is 12.7 Å². The Balaban J connectivity index is 1.83. The number of carboxylic acid groups (broad SMARTS) is 1. The van der Waals surface area contributed by atoms with Crippen molar-refractivity contribution in [2.75, 3.05) is 0 Å². The summed E-state index contributed by atoms with van der Waals surface area (Å²) in [5.74, 6) is -1.69. The maximum atomic E-state index is 13.4. The predicted molar refractivity (Wildman–Crippen MR) is 108 cm³/mol. The Labute approximate surface area is 175 Å². The van der Waals surface area contributed by atoms with E-state index in [4.69, 9.17) is 4.74 Å². The number of imidazole rings is 1. The zero-order valence-electron chi connectivity index (χ0n) is 16.3. The molecule has 4 aromatic rings. The van der Waals surface area contributed by atoms with E-state index in [1.807, 2.05) is 42.5 Å². The summed E-state index contributed by atoms with van der Waals surface area (Å²) in [5.41, 5.74) is -0.184. The molecule has 0 saturated heterocycles. The third-order valence-corrected chi connectivity index (χ3v) is 4.91. The average Bonchev–Trinajstić information content (AvgIpc) is 3.02. The molecule has 0 amide bonds. The number of carboxylic acids is 1. The molecule has 0 aliphatic rings. The number of aromatic nitrogens is 2. The van der Waals surface area contributed by atoms with Crippen molar-refractivity contribution in [3.05, 3.63) is 89.2 Å². The zero-order chi connectivity index (χ0) is 22.2. The Hall–Kier alpha value is -3.81. The Morgan fingerprint density at radius 1 is 1.03 bits per heavy atom. The molecule has 0 aliphatic carbocycles. The normalized spacial score (nSPS) is 11.6. The molecule has 0 saturated carbocycles. The number of ether oxygens (including phenoxy) is 1. The molecule has 0 unspecified atom stereocenters. The summed E-state index contributed by atoms with van der Waals surface area (Å²) >= 11 is 0. The molecule has 1 aromatic heterocycles. The van der Waals surface area contributed by atoms with Crippen molar-refractivity contribution in [2.24, 2.45) is 0 Å². The molecule has 0 spiro atoms. The lowest BCUT2D eigenvalue weighted by atomic mass is 10.0. The molecule has 0 fully saturated rings. The van der Waals surface area contributed by atoms with Crippen LogP contribution in [0.5, 0.6) is 11.8 Å². The van der Waals surface area contributed by atoms with E-state index < -0.39 is 23.5 Å². The lowest BCUT2D eigenvalue weighted by Crippen LogP contribution is -2.13. The molecule has 3 aromatic carbocycles. The number of carbonyl (C=O) groups is 1. The molecule has 5 nitrogen and oxygen atoms in total. The first-order valence-corrected chi connectivity index (χ1v) is 9.37. The predicted octanol–water partition coefficient (Wildman–Crippen LogP) is 5.90. The van der Waals surface area contributed by atoms with Crippen LogP contribution in [-0.4, -0.2) is 20.6 Å². The number of para-hydroxylation sites is 1. The lowest BCUT2D eigenvalue weighted by Gasteiger charge is -2.15. The van der Waals surface area contributed by atoms with Crippen molar-refractivity contribution in [3.63, 3.8) is 0 Å². The number of hydrogen-bond acceptors (Lipinski definition) is 3. The van der Waals surface area contributed by atoms with Crippen LogP contribution in [0.1, 0.15) is 27.3 Å². The first kappa shape index (κ1) is 20.5. The van der Waals surface area contributed by atoms with Gasteiger partial charge in [-0.3, -0.25) is 4.57 Å². The van der Waals surface area contributed by atoms with Crippen molar-refractivity contribution in [2.45, 2.75) is 19.6 Å². The standard InChI is InChI=1S/C23H17F3N2O3/c1-14-20(21(29)30)28(13-16-9-6-8-15-7-2-3-10-17(15)16)22(27-14)31-19-12-5-4-11-18(19)23(24,25)26/h2-12H,13H2,1H3,(H,29,30). The summed E-state index contributed by atoms with van der Waals surface area (Å²) in [4.78, 5) is 16.0. The third kappa shape index (κ3) is 3.96. The Kier molecular flexibility index (Phi) is 5.14. The Morgan fingerprint density at radius 2 is 1.71 bits per heavy atom. The molecule has 0 bridgehead atoms. The van der Waals surface area contributed by atoms with Gasteiger partial charge in [0, 0.05) is 0 Å². The number of nitrogens with zero attached hydrogens (tertiary/aromatic N) is 2. The summed E-state index contributed by atoms with van der Waals surface area (Å²) in [7, 11) is 0. The molecule has 8 heteroatoms. The highest BCUT2D eigenvalue weighted by Gasteiger charge is 2.35. The van der Waals surface area contributed by atoms with E-state index in [0.717, 1.165) is 22.4 Å². The van der Waals surface area contributed by atoms with Gasteiger partial charge in [-0.15, -0.1) is 0 Å². The van der Waals surface area contributed by atoms with Crippen molar-refractivity contribution in [1.82, 2.24) is 9.55 Å². The SMILES string of the molecule is Cc1nc(Oc2ccccc2C(F)(F)F)n(Cc2cccc3ccccc23)c1C(=O)O. The van der Waals surface area contributed by atoms with Gasteiger partial charge in [0.1, 0.15) is 5.75 Å². The van der Waals surface area contributed by atoms with E-state index in [1.54, 1.807) is 0 Å². The first-order chi connectivity index (χ1) is 14.8. The lowest BCUT2D eigenvalue weighted by molar-refractivity contribution is -0.138. The second-order valence-electron chi connectivity index (χ2n) is 6.95. The maximum Gasteiger partial charge on any atom is 0.419 e. The van der Waals surface area contributed by atoms with Gasteiger partial charge in [-0.25, -0.2) is 4.79 Å². The van der Waals surface area contributed by atoms with Crippen LogP contribution < -0.4 is 4.74 Å². The Morgan fingerprint density at radius 3 is 2.45 bits per heavy atom. The number of fused-ring (bicyclic) bond motifs is 1. The average molecular weight is 426 g/mol. The molecule has 4 rings (SSSR count). The largest absolute Gasteiger partial charge is 0.477 e. The van der Waals surface area contributed by atoms with Crippen LogP contribution in [0.2, 0.25) is 0 Å². The van der Waals surface area contributed by atoms with Crippen LogP contribution in [0.25, 0.3) is 10.8 Å². The molecule has 1 heterocycles. The van der Waals surface area contributed by atoms with Crippen LogP contribution in [0.15, 0.2) is 66.7 Å². The molecule has 158 valence electrons. The zero-order valence-corrected chi connectivity index (χ0v) is 16.3. The minimum absolute atomic E-state index is 0.0628. The van der Waals surface area contributed by atoms with Gasteiger partial charge in [0.2, 0.25) is 0 Å². The molecular weight excluding hydrogens is 409 g/mol. The summed E-state index contributed by atoms with van der Waals surface area (Å²) in [5, 5.41) is 11.6. The fourth-order valence-corrected chi connectivity index (χ4v) is 3.53. The Bertz CT molecular complexity index is 1270. The van der Waals surface area contributed by atoms with Crippen LogP contribution in [0.3, 0.4) is 0 Å². The van der Waals surface area contributed by atoms with E-state index in [1.165, 1.54) is 29.7 Å². The number of benzene rings is 3. The number of rotatable bonds is 5. The van der Waals surface area contributed by atoms with Gasteiger partial charge >= 0.3 is 18.2 Å². The van der Waals surface area contributed by atoms with Crippen molar-refractivity contribution < 1.29 is 27.8 Å². The molecule has 1 N–H and O–H groups in total. The van der Waals surface area contributed by atoms with E-state index in [0.29, 0.717) is 0 Å². The van der Waals surface area contributed by atoms with Gasteiger partial charge in [-0.1, -0.05) is 54.6 Å². The van der Waals surface area contributed by atoms with Gasteiger partial charge in [0.25, 0.3) is 0 Å². The van der Waals surface area contributed by atoms with Crippen LogP contribution in [0, 0.1) is 6.92 Å². The molecule has 0 atom stereocenters. The van der Waals surface area contributed by atoms with Crippen molar-refractivity contribution in [1.29, 1.82) is 0 Å². The van der Waals surface area contributed by atoms with Crippen LogP contribution >= 0.6 is 0 Å². The van der Waals surface area contributed by atoms with Gasteiger partial charge in [-0.2, -0.15) is 18.2 Å². The van der Waals surface area contributed by atoms with E-state index in [-0.39, 0.29) is 23.9 Å². The molecule has 0 radical (unpaired) electrons. The highest BCUT2D eigenvalue weighted by Crippen LogP contribution is 2.38. The fraction of sp³-hybridized carbons (Fsp3) is 0.130. The molecular formula is C23H17F3N2O3. The first-order valence-electron chi connectivity index (χ1n) is 9.37. The summed E-state index contributed by atoms with van der Waals surface area (Å²) in [6.45, 7) is 1.54. The second kappa shape index (κ2) is 7.79. The van der Waals surface area contributed by atoms with E-state index in [2.05, 4.69) is 4.98 Å². The third-order valence-electron chi connectivity index (χ3n) is 4.91. The minimum Gasteiger partial charge on any atom is -0.477 e. The van der Waals surface area contributed by atoms with Gasteiger partial charge < -0.3 is 9.84 Å². The van der Waals surface area contributed by atoms with Gasteiger partial charge in [-0.05, 0) is 35.4 Å². The van der Waals surface area contributed by atoms with Crippen molar-refractivity contribution >= 4 is 16.7 Å². The highest BCUT2D eigenvalue weighted by molar-refractivity contribution is 5.88. The topological polar surface area (TPSA) is 64.4 Å². The quantitative estimate of drug-likeness (QED) is 0.431. The smallest absolute Gasteiger partial charge is 0.419 e. The van der Waals surface area contributed by atoms with E-state index >= 15 is 0 Å². The number of aryl methyl sites for hydroxylation is 1. The summed E-state index contributed by atoms with van der Waals surface area (Å²) in [6, 6.07) is 17.7. The number of halogens is 3. The maximum absolute atomic E-state index is 13.4. The summed E-state index contributed by atoms with van der Waals surface area (Å²) < 4.78 is 47.0. The van der Waals surface area contributed by atoms with Gasteiger partial charge in [0.15, 0.2) is 5.69 Å². The number of alkyl halides is 3. The second-order valence-corrected chi connectivity index (χ2v) is 6.95. The summed E-state index contributed by atoms with van der Waals surface area (Å²) in [6.07, 6.45) is -4.63. The monoisotopic (exact) mass is 426 g/mol. The van der Waals surface area contributed by atoms with E-state index in [9.17, 15) is 23.1 Å².